The van der Waals surface area contributed by atoms with Crippen molar-refractivity contribution >= 4 is 5.97 Å². The first-order chi connectivity index (χ1) is 6.20. The van der Waals surface area contributed by atoms with E-state index in [0.717, 1.165) is 25.7 Å². The summed E-state index contributed by atoms with van der Waals surface area (Å²) in [6, 6.07) is 0. The molecule has 74 valence electrons. The number of terminal acetylenes is 1. The molecule has 0 fully saturated rings. The van der Waals surface area contributed by atoms with E-state index in [1.807, 2.05) is 0 Å². The van der Waals surface area contributed by atoms with Crippen LogP contribution in [0.2, 0.25) is 0 Å². The number of carbonyl (C=O) groups is 1. The van der Waals surface area contributed by atoms with E-state index in [9.17, 15) is 4.79 Å². The van der Waals surface area contributed by atoms with Gasteiger partial charge in [0.15, 0.2) is 0 Å². The fourth-order valence-electron chi connectivity index (χ4n) is 1.17. The zero-order chi connectivity index (χ0) is 10.1. The van der Waals surface area contributed by atoms with Gasteiger partial charge in [0.2, 0.25) is 0 Å². The van der Waals surface area contributed by atoms with Crippen LogP contribution in [0.4, 0.5) is 0 Å². The van der Waals surface area contributed by atoms with Crippen LogP contribution in [-0.4, -0.2) is 12.1 Å². The van der Waals surface area contributed by atoms with Crippen LogP contribution in [0.5, 0.6) is 0 Å². The van der Waals surface area contributed by atoms with Crippen molar-refractivity contribution in [3.63, 3.8) is 0 Å². The van der Waals surface area contributed by atoms with Gasteiger partial charge >= 0.3 is 5.97 Å². The van der Waals surface area contributed by atoms with Gasteiger partial charge < -0.3 is 4.74 Å². The van der Waals surface area contributed by atoms with E-state index >= 15 is 0 Å². The number of esters is 1. The van der Waals surface area contributed by atoms with E-state index in [0.29, 0.717) is 6.42 Å². The highest BCUT2D eigenvalue weighted by Gasteiger charge is 2.09. The lowest BCUT2D eigenvalue weighted by Crippen LogP contribution is -2.15. The molecule has 0 rings (SSSR count). The highest BCUT2D eigenvalue weighted by Crippen LogP contribution is 2.10. The molecule has 2 heteroatoms. The maximum atomic E-state index is 10.7. The fourth-order valence-corrected chi connectivity index (χ4v) is 1.17. The molecule has 0 spiro atoms. The number of unbranched alkanes of at least 4 members (excludes halogenated alkanes) is 1. The van der Waals surface area contributed by atoms with Gasteiger partial charge in [-0.15, -0.1) is 12.3 Å². The minimum atomic E-state index is -0.210. The van der Waals surface area contributed by atoms with Crippen LogP contribution in [0, 0.1) is 12.3 Å². The standard InChI is InChI=1S/C11H18O2/c1-4-6-8-11(9-7-5-2)13-10(3)12/h1,11H,5-9H2,2-3H3. The number of hydrogen-bond acceptors (Lipinski definition) is 2. The lowest BCUT2D eigenvalue weighted by atomic mass is 10.1. The van der Waals surface area contributed by atoms with Crippen molar-refractivity contribution in [2.24, 2.45) is 0 Å². The SMILES string of the molecule is C#CCCC(CCCC)OC(C)=O. The molecule has 0 saturated heterocycles. The van der Waals surface area contributed by atoms with Gasteiger partial charge in [-0.1, -0.05) is 19.8 Å². The predicted molar refractivity (Wildman–Crippen MR) is 53.1 cm³/mol. The van der Waals surface area contributed by atoms with Gasteiger partial charge in [-0.05, 0) is 12.8 Å². The maximum absolute atomic E-state index is 10.7. The second kappa shape index (κ2) is 7.67. The molecule has 0 aromatic carbocycles. The fraction of sp³-hybridized carbons (Fsp3) is 0.727. The van der Waals surface area contributed by atoms with E-state index in [-0.39, 0.29) is 12.1 Å². The zero-order valence-electron chi connectivity index (χ0n) is 8.51. The Bertz CT molecular complexity index is 179. The van der Waals surface area contributed by atoms with E-state index in [1.165, 1.54) is 6.92 Å². The highest BCUT2D eigenvalue weighted by atomic mass is 16.5. The Hall–Kier alpha value is -0.970. The molecule has 0 saturated carbocycles. The Morgan fingerprint density at radius 2 is 2.23 bits per heavy atom. The summed E-state index contributed by atoms with van der Waals surface area (Å²) in [4.78, 5) is 10.7. The Balaban J connectivity index is 3.74. The first-order valence-corrected chi connectivity index (χ1v) is 4.81. The van der Waals surface area contributed by atoms with Crippen molar-refractivity contribution in [3.8, 4) is 12.3 Å². The van der Waals surface area contributed by atoms with Gasteiger partial charge in [0.1, 0.15) is 6.10 Å². The molecule has 0 radical (unpaired) electrons. The molecule has 0 heterocycles. The van der Waals surface area contributed by atoms with Crippen molar-refractivity contribution in [2.75, 3.05) is 0 Å². The third-order valence-corrected chi connectivity index (χ3v) is 1.82. The molecule has 1 unspecified atom stereocenters. The quantitative estimate of drug-likeness (QED) is 0.466. The monoisotopic (exact) mass is 182 g/mol. The van der Waals surface area contributed by atoms with Crippen molar-refractivity contribution < 1.29 is 9.53 Å². The van der Waals surface area contributed by atoms with Gasteiger partial charge in [0.25, 0.3) is 0 Å². The van der Waals surface area contributed by atoms with Crippen LogP contribution in [0.1, 0.15) is 46.0 Å². The first kappa shape index (κ1) is 12.0. The molecular formula is C11H18O2. The summed E-state index contributed by atoms with van der Waals surface area (Å²) in [5.74, 6) is 2.35. The molecule has 2 nitrogen and oxygen atoms in total. The summed E-state index contributed by atoms with van der Waals surface area (Å²) in [6.07, 6.45) is 9.77. The van der Waals surface area contributed by atoms with Gasteiger partial charge in [0, 0.05) is 13.3 Å². The second-order valence-electron chi connectivity index (χ2n) is 3.12. The van der Waals surface area contributed by atoms with E-state index < -0.39 is 0 Å². The van der Waals surface area contributed by atoms with E-state index in [4.69, 9.17) is 11.2 Å². The maximum Gasteiger partial charge on any atom is 0.302 e. The van der Waals surface area contributed by atoms with Crippen LogP contribution >= 0.6 is 0 Å². The third kappa shape index (κ3) is 7.39. The largest absolute Gasteiger partial charge is 0.463 e. The van der Waals surface area contributed by atoms with Crippen molar-refractivity contribution in [3.05, 3.63) is 0 Å². The van der Waals surface area contributed by atoms with Gasteiger partial charge in [0.05, 0.1) is 0 Å². The van der Waals surface area contributed by atoms with Gasteiger partial charge in [-0.25, -0.2) is 0 Å². The van der Waals surface area contributed by atoms with E-state index in [2.05, 4.69) is 12.8 Å². The molecule has 0 amide bonds. The molecule has 0 aliphatic carbocycles. The molecule has 0 aliphatic heterocycles. The Kier molecular flexibility index (Phi) is 7.10. The van der Waals surface area contributed by atoms with Gasteiger partial charge in [-0.2, -0.15) is 0 Å². The summed E-state index contributed by atoms with van der Waals surface area (Å²) in [5, 5.41) is 0. The van der Waals surface area contributed by atoms with Crippen molar-refractivity contribution in [1.29, 1.82) is 0 Å². The molecule has 1 atom stereocenters. The lowest BCUT2D eigenvalue weighted by Gasteiger charge is -2.15. The second-order valence-corrected chi connectivity index (χ2v) is 3.12. The minimum Gasteiger partial charge on any atom is -0.463 e. The topological polar surface area (TPSA) is 26.3 Å². The number of hydrogen-bond donors (Lipinski definition) is 0. The molecule has 0 N–H and O–H groups in total. The number of rotatable bonds is 6. The zero-order valence-corrected chi connectivity index (χ0v) is 8.51. The number of ether oxygens (including phenoxy) is 1. The smallest absolute Gasteiger partial charge is 0.302 e. The Morgan fingerprint density at radius 1 is 1.54 bits per heavy atom. The summed E-state index contributed by atoms with van der Waals surface area (Å²) in [5.41, 5.74) is 0. The highest BCUT2D eigenvalue weighted by molar-refractivity contribution is 5.66. The first-order valence-electron chi connectivity index (χ1n) is 4.81. The Labute approximate surface area is 80.7 Å². The average Bonchev–Trinajstić information content (AvgIpc) is 2.09. The predicted octanol–water partition coefficient (Wildman–Crippen LogP) is 2.52. The normalized spacial score (nSPS) is 11.8. The van der Waals surface area contributed by atoms with Crippen LogP contribution in [-0.2, 0) is 9.53 Å². The third-order valence-electron chi connectivity index (χ3n) is 1.82. The van der Waals surface area contributed by atoms with Crippen molar-refractivity contribution in [2.45, 2.75) is 52.1 Å². The molecule has 13 heavy (non-hydrogen) atoms. The Morgan fingerprint density at radius 3 is 2.69 bits per heavy atom. The molecule has 0 aromatic rings. The lowest BCUT2D eigenvalue weighted by molar-refractivity contribution is -0.146. The van der Waals surface area contributed by atoms with Crippen LogP contribution < -0.4 is 0 Å². The summed E-state index contributed by atoms with van der Waals surface area (Å²) >= 11 is 0. The number of carbonyl (C=O) groups excluding carboxylic acids is 1. The van der Waals surface area contributed by atoms with Crippen LogP contribution in [0.15, 0.2) is 0 Å². The summed E-state index contributed by atoms with van der Waals surface area (Å²) < 4.78 is 5.12. The average molecular weight is 182 g/mol. The molecule has 0 aromatic heterocycles. The minimum absolute atomic E-state index is 0.0218. The van der Waals surface area contributed by atoms with Crippen LogP contribution in [0.25, 0.3) is 0 Å². The van der Waals surface area contributed by atoms with E-state index in [1.54, 1.807) is 0 Å². The molecule has 0 bridgehead atoms. The van der Waals surface area contributed by atoms with Crippen LogP contribution in [0.3, 0.4) is 0 Å². The molecule has 0 aliphatic rings. The van der Waals surface area contributed by atoms with Gasteiger partial charge in [-0.3, -0.25) is 4.79 Å². The van der Waals surface area contributed by atoms with Crippen molar-refractivity contribution in [1.82, 2.24) is 0 Å². The summed E-state index contributed by atoms with van der Waals surface area (Å²) in [7, 11) is 0. The molecular weight excluding hydrogens is 164 g/mol. The summed E-state index contributed by atoms with van der Waals surface area (Å²) in [6.45, 7) is 3.56.